The van der Waals surface area contributed by atoms with Crippen molar-refractivity contribution in [2.75, 3.05) is 0 Å². The van der Waals surface area contributed by atoms with Crippen molar-refractivity contribution in [2.24, 2.45) is 17.8 Å². The Balaban J connectivity index is 3.61. The molecule has 0 aliphatic carbocycles. The van der Waals surface area contributed by atoms with Gasteiger partial charge in [0.05, 0.1) is 0 Å². The van der Waals surface area contributed by atoms with Crippen LogP contribution in [-0.4, -0.2) is 0 Å². The van der Waals surface area contributed by atoms with Gasteiger partial charge in [-0.05, 0) is 17.8 Å². The Hall–Kier alpha value is 0. The number of unbranched alkanes of at least 4 members (excludes halogenated alkanes) is 14. The van der Waals surface area contributed by atoms with Crippen molar-refractivity contribution in [1.82, 2.24) is 0 Å². The molecule has 0 spiro atoms. The molecule has 0 saturated heterocycles. The van der Waals surface area contributed by atoms with Gasteiger partial charge in [0.25, 0.3) is 0 Å². The zero-order valence-corrected chi connectivity index (χ0v) is 23.7. The number of hydrogen-bond donors (Lipinski definition) is 0. The smallest absolute Gasteiger partial charge is 0.0414 e. The van der Waals surface area contributed by atoms with Crippen molar-refractivity contribution in [3.05, 3.63) is 0 Å². The second kappa shape index (κ2) is 25.6. The van der Waals surface area contributed by atoms with Gasteiger partial charge in [-0.15, -0.1) is 0 Å². The van der Waals surface area contributed by atoms with Crippen molar-refractivity contribution in [2.45, 2.75) is 189 Å². The van der Waals surface area contributed by atoms with Crippen LogP contribution < -0.4 is 0 Å². The molecule has 3 unspecified atom stereocenters. The van der Waals surface area contributed by atoms with Crippen LogP contribution in [0.2, 0.25) is 0 Å². The van der Waals surface area contributed by atoms with Crippen molar-refractivity contribution in [1.29, 1.82) is 0 Å². The van der Waals surface area contributed by atoms with E-state index in [2.05, 4.69) is 34.6 Å². The quantitative estimate of drug-likeness (QED) is 0.115. The van der Waals surface area contributed by atoms with Gasteiger partial charge in [0.1, 0.15) is 0 Å². The Bertz CT molecular complexity index is 333. The van der Waals surface area contributed by atoms with Gasteiger partial charge in [0.15, 0.2) is 0 Å². The lowest BCUT2D eigenvalue weighted by Gasteiger charge is -2.17. The molecular weight excluding hydrogens is 384 g/mol. The third kappa shape index (κ3) is 23.2. The van der Waals surface area contributed by atoms with Crippen LogP contribution in [0.25, 0.3) is 0 Å². The molecule has 0 bridgehead atoms. The predicted molar refractivity (Wildman–Crippen MR) is 150 cm³/mol. The summed E-state index contributed by atoms with van der Waals surface area (Å²) < 4.78 is 0. The van der Waals surface area contributed by atoms with Crippen LogP contribution in [0.4, 0.5) is 0 Å². The van der Waals surface area contributed by atoms with Crippen LogP contribution in [0.15, 0.2) is 0 Å². The van der Waals surface area contributed by atoms with Gasteiger partial charge < -0.3 is 0 Å². The molecule has 0 aromatic carbocycles. The Labute approximate surface area is 206 Å². The van der Waals surface area contributed by atoms with E-state index in [4.69, 9.17) is 0 Å². The van der Waals surface area contributed by atoms with Crippen molar-refractivity contribution in [3.63, 3.8) is 0 Å². The molecule has 0 N–H and O–H groups in total. The lowest BCUT2D eigenvalue weighted by atomic mass is 9.90. The molecular formula is C32H66. The first-order chi connectivity index (χ1) is 15.6. The first-order valence-electron chi connectivity index (χ1n) is 15.6. The second-order valence-electron chi connectivity index (χ2n) is 11.5. The standard InChI is InChI=1S/C32H66/c1-6-9-11-12-13-14-15-19-22-26-32(25-10-7-2)27-23-20-17-16-18-21-24-31(5)29-28-30(4)8-3/h30-32H,6-29H2,1-5H3. The first kappa shape index (κ1) is 32.0. The summed E-state index contributed by atoms with van der Waals surface area (Å²) in [6.45, 7) is 11.9. The van der Waals surface area contributed by atoms with Gasteiger partial charge in [-0.2, -0.15) is 0 Å². The van der Waals surface area contributed by atoms with Gasteiger partial charge in [-0.25, -0.2) is 0 Å². The molecule has 0 heteroatoms. The molecule has 0 rings (SSSR count). The fraction of sp³-hybridized carbons (Fsp3) is 1.00. The van der Waals surface area contributed by atoms with Gasteiger partial charge in [0, 0.05) is 0 Å². The van der Waals surface area contributed by atoms with E-state index in [1.807, 2.05) is 0 Å². The topological polar surface area (TPSA) is 0 Å². The van der Waals surface area contributed by atoms with E-state index in [-0.39, 0.29) is 0 Å². The highest BCUT2D eigenvalue weighted by atomic mass is 14.1. The average molecular weight is 451 g/mol. The van der Waals surface area contributed by atoms with E-state index in [1.54, 1.807) is 0 Å². The summed E-state index contributed by atoms with van der Waals surface area (Å²) in [5.74, 6) is 2.91. The highest BCUT2D eigenvalue weighted by molar-refractivity contribution is 4.62. The van der Waals surface area contributed by atoms with Crippen LogP contribution in [0.3, 0.4) is 0 Å². The molecule has 32 heavy (non-hydrogen) atoms. The van der Waals surface area contributed by atoms with Crippen LogP contribution in [0.5, 0.6) is 0 Å². The monoisotopic (exact) mass is 451 g/mol. The van der Waals surface area contributed by atoms with Crippen LogP contribution in [-0.2, 0) is 0 Å². The molecule has 194 valence electrons. The van der Waals surface area contributed by atoms with Gasteiger partial charge in [-0.3, -0.25) is 0 Å². The summed E-state index contributed by atoms with van der Waals surface area (Å²) in [5.41, 5.74) is 0. The van der Waals surface area contributed by atoms with E-state index in [9.17, 15) is 0 Å². The summed E-state index contributed by atoms with van der Waals surface area (Å²) >= 11 is 0. The normalized spacial score (nSPS) is 14.5. The maximum absolute atomic E-state index is 2.48. The zero-order chi connectivity index (χ0) is 23.7. The summed E-state index contributed by atoms with van der Waals surface area (Å²) in [5, 5.41) is 0. The van der Waals surface area contributed by atoms with E-state index in [0.717, 1.165) is 17.8 Å². The van der Waals surface area contributed by atoms with E-state index in [1.165, 1.54) is 154 Å². The molecule has 0 aromatic rings. The van der Waals surface area contributed by atoms with Gasteiger partial charge in [-0.1, -0.05) is 189 Å². The van der Waals surface area contributed by atoms with Crippen molar-refractivity contribution < 1.29 is 0 Å². The molecule has 0 fully saturated rings. The molecule has 0 heterocycles. The molecule has 0 saturated carbocycles. The molecule has 0 radical (unpaired) electrons. The summed E-state index contributed by atoms with van der Waals surface area (Å²) in [6, 6.07) is 0. The number of hydrogen-bond acceptors (Lipinski definition) is 0. The zero-order valence-electron chi connectivity index (χ0n) is 23.7. The second-order valence-corrected chi connectivity index (χ2v) is 11.5. The number of rotatable bonds is 26. The van der Waals surface area contributed by atoms with Crippen LogP contribution in [0.1, 0.15) is 189 Å². The Morgan fingerprint density at radius 3 is 1.19 bits per heavy atom. The lowest BCUT2D eigenvalue weighted by molar-refractivity contribution is 0.368. The maximum Gasteiger partial charge on any atom is -0.0414 e. The van der Waals surface area contributed by atoms with Crippen molar-refractivity contribution >= 4 is 0 Å². The molecule has 0 aliphatic rings. The van der Waals surface area contributed by atoms with Gasteiger partial charge >= 0.3 is 0 Å². The minimum atomic E-state index is 0.930. The van der Waals surface area contributed by atoms with E-state index in [0.29, 0.717) is 0 Å². The predicted octanol–water partition coefficient (Wildman–Crippen LogP) is 12.3. The molecule has 0 amide bonds. The maximum atomic E-state index is 2.48. The van der Waals surface area contributed by atoms with Crippen molar-refractivity contribution in [3.8, 4) is 0 Å². The first-order valence-corrected chi connectivity index (χ1v) is 15.6. The van der Waals surface area contributed by atoms with E-state index < -0.39 is 0 Å². The summed E-state index contributed by atoms with van der Waals surface area (Å²) in [6.07, 6.45) is 35.2. The largest absolute Gasteiger partial charge is 0.0654 e. The average Bonchev–Trinajstić information content (AvgIpc) is 2.80. The van der Waals surface area contributed by atoms with Crippen LogP contribution >= 0.6 is 0 Å². The fourth-order valence-corrected chi connectivity index (χ4v) is 5.22. The molecule has 0 aromatic heterocycles. The van der Waals surface area contributed by atoms with Crippen LogP contribution in [0, 0.1) is 17.8 Å². The minimum absolute atomic E-state index is 0.930. The summed E-state index contributed by atoms with van der Waals surface area (Å²) in [7, 11) is 0. The third-order valence-corrected chi connectivity index (χ3v) is 8.09. The SMILES string of the molecule is CCCCCCCCCCCC(CCCC)CCCCCCCCC(C)CCC(C)CC. The Kier molecular flexibility index (Phi) is 25.6. The molecule has 0 nitrogen and oxygen atoms in total. The fourth-order valence-electron chi connectivity index (χ4n) is 5.22. The molecule has 0 aliphatic heterocycles. The Morgan fingerprint density at radius 1 is 0.344 bits per heavy atom. The summed E-state index contributed by atoms with van der Waals surface area (Å²) in [4.78, 5) is 0. The Morgan fingerprint density at radius 2 is 0.719 bits per heavy atom. The van der Waals surface area contributed by atoms with Gasteiger partial charge in [0.2, 0.25) is 0 Å². The van der Waals surface area contributed by atoms with E-state index >= 15 is 0 Å². The highest BCUT2D eigenvalue weighted by Gasteiger charge is 2.09. The highest BCUT2D eigenvalue weighted by Crippen LogP contribution is 2.24. The third-order valence-electron chi connectivity index (χ3n) is 8.09. The lowest BCUT2D eigenvalue weighted by Crippen LogP contribution is -2.01. The molecule has 3 atom stereocenters. The minimum Gasteiger partial charge on any atom is -0.0654 e.